The van der Waals surface area contributed by atoms with Crippen LogP contribution < -0.4 is 5.32 Å². The smallest absolute Gasteiger partial charge is 0.0682 e. The SMILES string of the molecule is CNc1ccnc(CN2CC(O)CC2CN(C)C)c1. The van der Waals surface area contributed by atoms with Crippen LogP contribution in [0.25, 0.3) is 0 Å². The number of nitrogens with zero attached hydrogens (tertiary/aromatic N) is 3. The lowest BCUT2D eigenvalue weighted by atomic mass is 10.2. The number of likely N-dealkylation sites (tertiary alicyclic amines) is 1. The van der Waals surface area contributed by atoms with Gasteiger partial charge in [0.05, 0.1) is 11.8 Å². The summed E-state index contributed by atoms with van der Waals surface area (Å²) < 4.78 is 0. The molecule has 2 N–H and O–H groups in total. The van der Waals surface area contributed by atoms with Crippen molar-refractivity contribution in [1.82, 2.24) is 14.8 Å². The minimum atomic E-state index is -0.211. The first-order valence-corrected chi connectivity index (χ1v) is 6.78. The van der Waals surface area contributed by atoms with Crippen LogP contribution in [0.15, 0.2) is 18.3 Å². The highest BCUT2D eigenvalue weighted by Gasteiger charge is 2.31. The van der Waals surface area contributed by atoms with E-state index >= 15 is 0 Å². The number of rotatable bonds is 5. The molecule has 1 fully saturated rings. The van der Waals surface area contributed by atoms with Crippen molar-refractivity contribution in [2.75, 3.05) is 39.5 Å². The first kappa shape index (κ1) is 14.2. The molecule has 19 heavy (non-hydrogen) atoms. The van der Waals surface area contributed by atoms with Crippen LogP contribution in [0.2, 0.25) is 0 Å². The first-order chi connectivity index (χ1) is 9.08. The van der Waals surface area contributed by atoms with Gasteiger partial charge in [-0.05, 0) is 32.6 Å². The molecule has 5 nitrogen and oxygen atoms in total. The molecule has 2 heterocycles. The maximum atomic E-state index is 9.87. The molecule has 2 unspecified atom stereocenters. The fourth-order valence-electron chi connectivity index (χ4n) is 2.69. The fraction of sp³-hybridized carbons (Fsp3) is 0.643. The predicted molar refractivity (Wildman–Crippen MR) is 77.2 cm³/mol. The van der Waals surface area contributed by atoms with E-state index in [-0.39, 0.29) is 6.10 Å². The molecule has 0 bridgehead atoms. The standard InChI is InChI=1S/C14H24N4O/c1-15-11-4-5-16-12(6-11)8-18-10-14(19)7-13(18)9-17(2)3/h4-6,13-14,19H,7-10H2,1-3H3,(H,15,16). The molecule has 106 valence electrons. The summed E-state index contributed by atoms with van der Waals surface area (Å²) in [6.45, 7) is 2.51. The van der Waals surface area contributed by atoms with E-state index in [1.165, 1.54) is 0 Å². The van der Waals surface area contributed by atoms with Crippen molar-refractivity contribution in [3.05, 3.63) is 24.0 Å². The Morgan fingerprint density at radius 2 is 2.32 bits per heavy atom. The molecule has 0 amide bonds. The Kier molecular flexibility index (Phi) is 4.74. The Morgan fingerprint density at radius 3 is 3.00 bits per heavy atom. The zero-order chi connectivity index (χ0) is 13.8. The fourth-order valence-corrected chi connectivity index (χ4v) is 2.69. The molecular weight excluding hydrogens is 240 g/mol. The first-order valence-electron chi connectivity index (χ1n) is 6.78. The monoisotopic (exact) mass is 264 g/mol. The Labute approximate surface area is 115 Å². The van der Waals surface area contributed by atoms with E-state index in [1.807, 2.05) is 19.3 Å². The van der Waals surface area contributed by atoms with Crippen LogP contribution in [-0.4, -0.2) is 66.3 Å². The molecule has 0 aromatic carbocycles. The molecule has 5 heteroatoms. The zero-order valence-electron chi connectivity index (χ0n) is 12.0. The van der Waals surface area contributed by atoms with Crippen LogP contribution in [0.1, 0.15) is 12.1 Å². The van der Waals surface area contributed by atoms with Crippen molar-refractivity contribution in [3.63, 3.8) is 0 Å². The van der Waals surface area contributed by atoms with Crippen LogP contribution in [-0.2, 0) is 6.54 Å². The molecule has 2 atom stereocenters. The van der Waals surface area contributed by atoms with Gasteiger partial charge in [0.15, 0.2) is 0 Å². The quantitative estimate of drug-likeness (QED) is 0.816. The molecule has 1 aliphatic heterocycles. The number of pyridine rings is 1. The van der Waals surface area contributed by atoms with E-state index in [1.54, 1.807) is 0 Å². The van der Waals surface area contributed by atoms with Gasteiger partial charge in [0.25, 0.3) is 0 Å². The van der Waals surface area contributed by atoms with Crippen molar-refractivity contribution in [2.45, 2.75) is 25.1 Å². The lowest BCUT2D eigenvalue weighted by molar-refractivity contribution is 0.168. The highest BCUT2D eigenvalue weighted by atomic mass is 16.3. The summed E-state index contributed by atoms with van der Waals surface area (Å²) in [5, 5.41) is 13.0. The highest BCUT2D eigenvalue weighted by Crippen LogP contribution is 2.21. The van der Waals surface area contributed by atoms with Crippen molar-refractivity contribution in [3.8, 4) is 0 Å². The topological polar surface area (TPSA) is 51.6 Å². The van der Waals surface area contributed by atoms with Gasteiger partial charge in [0, 0.05) is 44.6 Å². The van der Waals surface area contributed by atoms with Crippen LogP contribution >= 0.6 is 0 Å². The molecule has 2 rings (SSSR count). The van der Waals surface area contributed by atoms with E-state index in [4.69, 9.17) is 0 Å². The van der Waals surface area contributed by atoms with Gasteiger partial charge in [-0.1, -0.05) is 0 Å². The van der Waals surface area contributed by atoms with E-state index in [9.17, 15) is 5.11 Å². The molecule has 0 spiro atoms. The molecule has 1 aromatic heterocycles. The van der Waals surface area contributed by atoms with E-state index in [2.05, 4.69) is 40.3 Å². The van der Waals surface area contributed by atoms with Crippen molar-refractivity contribution in [2.24, 2.45) is 0 Å². The second kappa shape index (κ2) is 6.32. The Morgan fingerprint density at radius 1 is 1.53 bits per heavy atom. The summed E-state index contributed by atoms with van der Waals surface area (Å²) in [6.07, 6.45) is 2.47. The van der Waals surface area contributed by atoms with Crippen molar-refractivity contribution < 1.29 is 5.11 Å². The molecular formula is C14H24N4O. The minimum absolute atomic E-state index is 0.211. The van der Waals surface area contributed by atoms with Gasteiger partial charge in [-0.3, -0.25) is 9.88 Å². The van der Waals surface area contributed by atoms with Crippen LogP contribution in [0, 0.1) is 0 Å². The minimum Gasteiger partial charge on any atom is -0.392 e. The van der Waals surface area contributed by atoms with Gasteiger partial charge in [0.2, 0.25) is 0 Å². The largest absolute Gasteiger partial charge is 0.392 e. The summed E-state index contributed by atoms with van der Waals surface area (Å²) in [7, 11) is 6.05. The summed E-state index contributed by atoms with van der Waals surface area (Å²) in [4.78, 5) is 8.91. The predicted octanol–water partition coefficient (Wildman–Crippen LogP) is 0.620. The third-order valence-corrected chi connectivity index (χ3v) is 3.55. The molecule has 1 saturated heterocycles. The summed E-state index contributed by atoms with van der Waals surface area (Å²) >= 11 is 0. The van der Waals surface area contributed by atoms with Gasteiger partial charge in [0.1, 0.15) is 0 Å². The Balaban J connectivity index is 2.03. The number of hydrogen-bond donors (Lipinski definition) is 2. The number of nitrogens with one attached hydrogen (secondary N) is 1. The van der Waals surface area contributed by atoms with Gasteiger partial charge in [-0.15, -0.1) is 0 Å². The number of likely N-dealkylation sites (N-methyl/N-ethyl adjacent to an activating group) is 1. The van der Waals surface area contributed by atoms with E-state index < -0.39 is 0 Å². The number of aliphatic hydroxyl groups excluding tert-OH is 1. The normalized spacial score (nSPS) is 24.1. The molecule has 1 aromatic rings. The van der Waals surface area contributed by atoms with Gasteiger partial charge >= 0.3 is 0 Å². The van der Waals surface area contributed by atoms with Crippen molar-refractivity contribution in [1.29, 1.82) is 0 Å². The number of aromatic nitrogens is 1. The van der Waals surface area contributed by atoms with Crippen LogP contribution in [0.3, 0.4) is 0 Å². The van der Waals surface area contributed by atoms with E-state index in [0.717, 1.165) is 37.4 Å². The molecule has 0 aliphatic carbocycles. The maximum absolute atomic E-state index is 9.87. The lowest BCUT2D eigenvalue weighted by Crippen LogP contribution is -2.37. The summed E-state index contributed by atoms with van der Waals surface area (Å²) in [6, 6.07) is 4.43. The van der Waals surface area contributed by atoms with Crippen LogP contribution in [0.5, 0.6) is 0 Å². The van der Waals surface area contributed by atoms with Crippen LogP contribution in [0.4, 0.5) is 5.69 Å². The number of hydrogen-bond acceptors (Lipinski definition) is 5. The molecule has 0 radical (unpaired) electrons. The number of anilines is 1. The average Bonchev–Trinajstić information content (AvgIpc) is 2.69. The molecule has 1 aliphatic rings. The summed E-state index contributed by atoms with van der Waals surface area (Å²) in [5.74, 6) is 0. The van der Waals surface area contributed by atoms with E-state index in [0.29, 0.717) is 6.04 Å². The Hall–Kier alpha value is -1.17. The van der Waals surface area contributed by atoms with Gasteiger partial charge in [-0.2, -0.15) is 0 Å². The summed E-state index contributed by atoms with van der Waals surface area (Å²) in [5.41, 5.74) is 2.12. The van der Waals surface area contributed by atoms with Gasteiger partial charge in [-0.25, -0.2) is 0 Å². The third kappa shape index (κ3) is 3.89. The van der Waals surface area contributed by atoms with Crippen molar-refractivity contribution >= 4 is 5.69 Å². The second-order valence-electron chi connectivity index (χ2n) is 5.52. The second-order valence-corrected chi connectivity index (χ2v) is 5.52. The lowest BCUT2D eigenvalue weighted by Gasteiger charge is -2.26. The number of β-amino-alcohol motifs (C(OH)–C–C–N with tert-alkyl or cyclic N) is 1. The van der Waals surface area contributed by atoms with Gasteiger partial charge < -0.3 is 15.3 Å². The zero-order valence-corrected chi connectivity index (χ0v) is 12.0. The highest BCUT2D eigenvalue weighted by molar-refractivity contribution is 5.42. The average molecular weight is 264 g/mol. The number of aliphatic hydroxyl groups is 1. The third-order valence-electron chi connectivity index (χ3n) is 3.55. The molecule has 0 saturated carbocycles. The maximum Gasteiger partial charge on any atom is 0.0682 e. The Bertz CT molecular complexity index is 410.